The highest BCUT2D eigenvalue weighted by Gasteiger charge is 2.22. The normalized spacial score (nSPS) is 20.0. The second kappa shape index (κ2) is 5.72. The number of rotatable bonds is 2. The van der Waals surface area contributed by atoms with Crippen molar-refractivity contribution in [1.29, 1.82) is 0 Å². The van der Waals surface area contributed by atoms with Gasteiger partial charge in [-0.1, -0.05) is 24.3 Å². The summed E-state index contributed by atoms with van der Waals surface area (Å²) in [7, 11) is 2.18. The molecule has 3 heterocycles. The molecular weight excluding hydrogens is 274 g/mol. The van der Waals surface area contributed by atoms with Gasteiger partial charge in [0, 0.05) is 50.0 Å². The van der Waals surface area contributed by atoms with Crippen molar-refractivity contribution in [3.63, 3.8) is 0 Å². The third-order valence-corrected chi connectivity index (χ3v) is 4.86. The van der Waals surface area contributed by atoms with Crippen LogP contribution in [0.15, 0.2) is 24.3 Å². The molecule has 1 aromatic carbocycles. The number of piperazine rings is 1. The molecule has 4 rings (SSSR count). The third kappa shape index (κ3) is 2.39. The molecule has 22 heavy (non-hydrogen) atoms. The summed E-state index contributed by atoms with van der Waals surface area (Å²) >= 11 is 0. The van der Waals surface area contributed by atoms with Crippen LogP contribution in [0.3, 0.4) is 0 Å². The average Bonchev–Trinajstić information content (AvgIpc) is 3.09. The maximum Gasteiger partial charge on any atom is 0.159 e. The fourth-order valence-electron chi connectivity index (χ4n) is 3.49. The number of likely N-dealkylation sites (N-methyl/N-ethyl adjacent to an activating group) is 1. The van der Waals surface area contributed by atoms with Crippen LogP contribution in [-0.2, 0) is 0 Å². The van der Waals surface area contributed by atoms with E-state index in [4.69, 9.17) is 0 Å². The van der Waals surface area contributed by atoms with Gasteiger partial charge in [-0.05, 0) is 19.9 Å². The molecule has 2 aliphatic heterocycles. The van der Waals surface area contributed by atoms with Crippen LogP contribution in [0.25, 0.3) is 10.8 Å². The smallest absolute Gasteiger partial charge is 0.159 e. The van der Waals surface area contributed by atoms with Crippen LogP contribution in [0.4, 0.5) is 11.6 Å². The molecule has 2 aromatic rings. The number of hydrogen-bond acceptors (Lipinski definition) is 5. The lowest BCUT2D eigenvalue weighted by molar-refractivity contribution is 0.312. The Bertz CT molecular complexity index is 657. The summed E-state index contributed by atoms with van der Waals surface area (Å²) < 4.78 is 0. The van der Waals surface area contributed by atoms with E-state index >= 15 is 0 Å². The molecule has 0 aliphatic carbocycles. The zero-order chi connectivity index (χ0) is 14.9. The van der Waals surface area contributed by atoms with Gasteiger partial charge < -0.3 is 14.7 Å². The van der Waals surface area contributed by atoms with E-state index in [2.05, 4.69) is 56.2 Å². The molecule has 0 N–H and O–H groups in total. The van der Waals surface area contributed by atoms with Gasteiger partial charge in [-0.25, -0.2) is 0 Å². The Hall–Kier alpha value is -1.88. The molecule has 0 unspecified atom stereocenters. The molecule has 5 nitrogen and oxygen atoms in total. The van der Waals surface area contributed by atoms with Gasteiger partial charge in [-0.3, -0.25) is 0 Å². The van der Waals surface area contributed by atoms with Crippen molar-refractivity contribution in [3.05, 3.63) is 24.3 Å². The standard InChI is InChI=1S/C17H23N5/c1-20-10-12-22(13-11-20)17-15-7-3-2-6-14(15)16(18-19-17)21-8-4-5-9-21/h2-3,6-7H,4-5,8-13H2,1H3. The minimum absolute atomic E-state index is 1.03. The third-order valence-electron chi connectivity index (χ3n) is 4.86. The molecule has 0 bridgehead atoms. The van der Waals surface area contributed by atoms with Crippen molar-refractivity contribution in [2.45, 2.75) is 12.8 Å². The van der Waals surface area contributed by atoms with Crippen LogP contribution in [0.5, 0.6) is 0 Å². The maximum absolute atomic E-state index is 4.62. The Kier molecular flexibility index (Phi) is 3.58. The fourth-order valence-corrected chi connectivity index (χ4v) is 3.49. The molecule has 0 amide bonds. The van der Waals surface area contributed by atoms with Crippen LogP contribution in [-0.4, -0.2) is 61.4 Å². The van der Waals surface area contributed by atoms with E-state index in [1.807, 2.05) is 0 Å². The first kappa shape index (κ1) is 13.8. The molecule has 0 radical (unpaired) electrons. The van der Waals surface area contributed by atoms with E-state index in [-0.39, 0.29) is 0 Å². The Balaban J connectivity index is 1.75. The van der Waals surface area contributed by atoms with Gasteiger partial charge in [0.15, 0.2) is 11.6 Å². The molecule has 116 valence electrons. The van der Waals surface area contributed by atoms with Gasteiger partial charge in [0.1, 0.15) is 0 Å². The van der Waals surface area contributed by atoms with Crippen LogP contribution in [0.1, 0.15) is 12.8 Å². The van der Waals surface area contributed by atoms with E-state index in [9.17, 15) is 0 Å². The second-order valence-corrected chi connectivity index (χ2v) is 6.38. The van der Waals surface area contributed by atoms with E-state index in [1.165, 1.54) is 23.6 Å². The lowest BCUT2D eigenvalue weighted by atomic mass is 10.1. The zero-order valence-electron chi connectivity index (χ0n) is 13.2. The van der Waals surface area contributed by atoms with Crippen LogP contribution in [0, 0.1) is 0 Å². The topological polar surface area (TPSA) is 35.5 Å². The summed E-state index contributed by atoms with van der Waals surface area (Å²) in [5, 5.41) is 11.7. The van der Waals surface area contributed by atoms with Gasteiger partial charge in [-0.2, -0.15) is 0 Å². The highest BCUT2D eigenvalue weighted by Crippen LogP contribution is 2.32. The predicted octanol–water partition coefficient (Wildman–Crippen LogP) is 1.98. The molecule has 2 fully saturated rings. The molecule has 2 aliphatic rings. The average molecular weight is 297 g/mol. The van der Waals surface area contributed by atoms with Crippen molar-refractivity contribution in [2.75, 3.05) is 56.1 Å². The van der Waals surface area contributed by atoms with Crippen molar-refractivity contribution in [2.24, 2.45) is 0 Å². The molecular formula is C17H23N5. The van der Waals surface area contributed by atoms with Gasteiger partial charge in [0.2, 0.25) is 0 Å². The lowest BCUT2D eigenvalue weighted by Gasteiger charge is -2.33. The van der Waals surface area contributed by atoms with Crippen LogP contribution in [0.2, 0.25) is 0 Å². The molecule has 0 atom stereocenters. The van der Waals surface area contributed by atoms with Crippen molar-refractivity contribution >= 4 is 22.4 Å². The second-order valence-electron chi connectivity index (χ2n) is 6.38. The van der Waals surface area contributed by atoms with Crippen molar-refractivity contribution < 1.29 is 0 Å². The largest absolute Gasteiger partial charge is 0.355 e. The van der Waals surface area contributed by atoms with Gasteiger partial charge >= 0.3 is 0 Å². The summed E-state index contributed by atoms with van der Waals surface area (Å²) in [4.78, 5) is 7.12. The first-order chi connectivity index (χ1) is 10.8. The number of benzene rings is 1. The summed E-state index contributed by atoms with van der Waals surface area (Å²) in [5.74, 6) is 2.11. The van der Waals surface area contributed by atoms with E-state index in [0.717, 1.165) is 50.9 Å². The van der Waals surface area contributed by atoms with Crippen LogP contribution < -0.4 is 9.80 Å². The summed E-state index contributed by atoms with van der Waals surface area (Å²) in [6.07, 6.45) is 2.52. The minimum atomic E-state index is 1.03. The Morgan fingerprint density at radius 3 is 1.77 bits per heavy atom. The predicted molar refractivity (Wildman–Crippen MR) is 90.7 cm³/mol. The molecule has 0 saturated carbocycles. The minimum Gasteiger partial charge on any atom is -0.355 e. The van der Waals surface area contributed by atoms with Gasteiger partial charge in [0.05, 0.1) is 0 Å². The van der Waals surface area contributed by atoms with E-state index < -0.39 is 0 Å². The van der Waals surface area contributed by atoms with Crippen LogP contribution >= 0.6 is 0 Å². The number of nitrogens with zero attached hydrogens (tertiary/aromatic N) is 5. The first-order valence-corrected chi connectivity index (χ1v) is 8.27. The Morgan fingerprint density at radius 2 is 1.23 bits per heavy atom. The van der Waals surface area contributed by atoms with E-state index in [1.54, 1.807) is 0 Å². The SMILES string of the molecule is CN1CCN(c2nnc(N3CCCC3)c3ccccc23)CC1. The lowest BCUT2D eigenvalue weighted by Crippen LogP contribution is -2.45. The number of aromatic nitrogens is 2. The van der Waals surface area contributed by atoms with Crippen molar-refractivity contribution in [3.8, 4) is 0 Å². The molecule has 5 heteroatoms. The van der Waals surface area contributed by atoms with Gasteiger partial charge in [0.25, 0.3) is 0 Å². The first-order valence-electron chi connectivity index (χ1n) is 8.27. The Morgan fingerprint density at radius 1 is 0.727 bits per heavy atom. The maximum atomic E-state index is 4.62. The number of fused-ring (bicyclic) bond motifs is 1. The monoisotopic (exact) mass is 297 g/mol. The van der Waals surface area contributed by atoms with E-state index in [0.29, 0.717) is 0 Å². The molecule has 0 spiro atoms. The fraction of sp³-hybridized carbons (Fsp3) is 0.529. The van der Waals surface area contributed by atoms with Crippen molar-refractivity contribution in [1.82, 2.24) is 15.1 Å². The highest BCUT2D eigenvalue weighted by atomic mass is 15.3. The number of anilines is 2. The van der Waals surface area contributed by atoms with Gasteiger partial charge in [-0.15, -0.1) is 10.2 Å². The molecule has 2 saturated heterocycles. The number of hydrogen-bond donors (Lipinski definition) is 0. The summed E-state index contributed by atoms with van der Waals surface area (Å²) in [6.45, 7) is 6.43. The summed E-state index contributed by atoms with van der Waals surface area (Å²) in [6, 6.07) is 8.60. The quantitative estimate of drug-likeness (QED) is 0.847. The molecule has 1 aromatic heterocycles. The highest BCUT2D eigenvalue weighted by molar-refractivity contribution is 5.99. The summed E-state index contributed by atoms with van der Waals surface area (Å²) in [5.41, 5.74) is 0. The Labute approximate surface area is 131 Å². The zero-order valence-corrected chi connectivity index (χ0v) is 13.2.